The highest BCUT2D eigenvalue weighted by molar-refractivity contribution is 6.30. The van der Waals surface area contributed by atoms with E-state index in [-0.39, 0.29) is 5.97 Å². The molecule has 3 aromatic rings. The Hall–Kier alpha value is -2.32. The van der Waals surface area contributed by atoms with Gasteiger partial charge in [0.15, 0.2) is 5.60 Å². The minimum absolute atomic E-state index is 0.274. The molecule has 22 heavy (non-hydrogen) atoms. The summed E-state index contributed by atoms with van der Waals surface area (Å²) in [5.41, 5.74) is 1.70. The van der Waals surface area contributed by atoms with Crippen molar-refractivity contribution in [1.29, 1.82) is 0 Å². The summed E-state index contributed by atoms with van der Waals surface area (Å²) in [6.07, 6.45) is 0. The van der Waals surface area contributed by atoms with E-state index in [9.17, 15) is 4.79 Å². The van der Waals surface area contributed by atoms with Crippen molar-refractivity contribution in [2.75, 3.05) is 0 Å². The molecular formula is C19H13ClO2. The molecule has 2 nitrogen and oxygen atoms in total. The van der Waals surface area contributed by atoms with Gasteiger partial charge < -0.3 is 4.74 Å². The van der Waals surface area contributed by atoms with Crippen molar-refractivity contribution in [2.45, 2.75) is 12.5 Å². The predicted molar refractivity (Wildman–Crippen MR) is 87.3 cm³/mol. The van der Waals surface area contributed by atoms with E-state index in [4.69, 9.17) is 16.3 Å². The Morgan fingerprint density at radius 2 is 1.68 bits per heavy atom. The van der Waals surface area contributed by atoms with Crippen molar-refractivity contribution >= 4 is 28.3 Å². The van der Waals surface area contributed by atoms with Crippen LogP contribution in [-0.2, 0) is 10.3 Å². The quantitative estimate of drug-likeness (QED) is 0.596. The van der Waals surface area contributed by atoms with E-state index < -0.39 is 5.60 Å². The van der Waals surface area contributed by atoms with E-state index >= 15 is 0 Å². The van der Waals surface area contributed by atoms with E-state index in [1.54, 1.807) is 0 Å². The molecule has 0 N–H and O–H groups in total. The number of ether oxygens (including phenoxy) is 1. The Kier molecular flexibility index (Phi) is 2.78. The van der Waals surface area contributed by atoms with Crippen LogP contribution in [0.4, 0.5) is 0 Å². The third-order valence-corrected chi connectivity index (χ3v) is 4.59. The maximum atomic E-state index is 12.5. The first kappa shape index (κ1) is 13.4. The Morgan fingerprint density at radius 1 is 0.955 bits per heavy atom. The highest BCUT2D eigenvalue weighted by atomic mass is 35.5. The van der Waals surface area contributed by atoms with Crippen LogP contribution in [0, 0.1) is 0 Å². The van der Waals surface area contributed by atoms with Crippen LogP contribution >= 0.6 is 11.6 Å². The van der Waals surface area contributed by atoms with Crippen molar-refractivity contribution in [1.82, 2.24) is 0 Å². The molecule has 0 amide bonds. The lowest BCUT2D eigenvalue weighted by atomic mass is 9.85. The fourth-order valence-corrected chi connectivity index (χ4v) is 3.29. The average Bonchev–Trinajstić information content (AvgIpc) is 2.80. The summed E-state index contributed by atoms with van der Waals surface area (Å²) in [7, 11) is 0. The number of fused-ring (bicyclic) bond motifs is 3. The lowest BCUT2D eigenvalue weighted by Gasteiger charge is -2.24. The predicted octanol–water partition coefficient (Wildman–Crippen LogP) is 4.93. The summed E-state index contributed by atoms with van der Waals surface area (Å²) < 4.78 is 5.77. The van der Waals surface area contributed by atoms with E-state index in [1.807, 2.05) is 67.6 Å². The zero-order valence-electron chi connectivity index (χ0n) is 12.0. The molecule has 1 atom stereocenters. The number of esters is 1. The van der Waals surface area contributed by atoms with Crippen molar-refractivity contribution < 1.29 is 9.53 Å². The van der Waals surface area contributed by atoms with E-state index in [2.05, 4.69) is 0 Å². The fourth-order valence-electron chi connectivity index (χ4n) is 3.16. The van der Waals surface area contributed by atoms with Gasteiger partial charge in [-0.25, -0.2) is 4.79 Å². The Labute approximate surface area is 133 Å². The first-order chi connectivity index (χ1) is 10.6. The molecule has 0 unspecified atom stereocenters. The van der Waals surface area contributed by atoms with E-state index in [0.717, 1.165) is 21.9 Å². The number of carbonyl (C=O) groups excluding carboxylic acids is 1. The van der Waals surface area contributed by atoms with Crippen LogP contribution in [-0.4, -0.2) is 5.97 Å². The summed E-state index contributed by atoms with van der Waals surface area (Å²) in [6.45, 7) is 1.93. The van der Waals surface area contributed by atoms with Crippen LogP contribution < -0.4 is 0 Å². The van der Waals surface area contributed by atoms with Crippen LogP contribution in [0.25, 0.3) is 10.8 Å². The van der Waals surface area contributed by atoms with Crippen LogP contribution in [0.5, 0.6) is 0 Å². The minimum atomic E-state index is -0.777. The number of hydrogen-bond donors (Lipinski definition) is 0. The van der Waals surface area contributed by atoms with Crippen LogP contribution in [0.15, 0.2) is 60.7 Å². The molecule has 0 radical (unpaired) electrons. The number of hydrogen-bond acceptors (Lipinski definition) is 2. The third-order valence-electron chi connectivity index (χ3n) is 4.34. The molecule has 0 saturated heterocycles. The molecule has 0 aromatic heterocycles. The first-order valence-electron chi connectivity index (χ1n) is 7.11. The second-order valence-electron chi connectivity index (χ2n) is 5.64. The average molecular weight is 309 g/mol. The lowest BCUT2D eigenvalue weighted by molar-refractivity contribution is 0.0181. The summed E-state index contributed by atoms with van der Waals surface area (Å²) in [5, 5.41) is 2.64. The molecule has 1 aliphatic rings. The van der Waals surface area contributed by atoms with Crippen molar-refractivity contribution in [3.63, 3.8) is 0 Å². The number of cyclic esters (lactones) is 1. The molecule has 4 rings (SSSR count). The van der Waals surface area contributed by atoms with Gasteiger partial charge in [-0.05, 0) is 35.4 Å². The molecule has 3 heteroatoms. The second kappa shape index (κ2) is 4.59. The maximum Gasteiger partial charge on any atom is 0.340 e. The van der Waals surface area contributed by atoms with Crippen LogP contribution in [0.1, 0.15) is 28.4 Å². The van der Waals surface area contributed by atoms with Gasteiger partial charge in [0.2, 0.25) is 0 Å². The van der Waals surface area contributed by atoms with Gasteiger partial charge in [-0.3, -0.25) is 0 Å². The van der Waals surface area contributed by atoms with Crippen molar-refractivity contribution in [3.8, 4) is 0 Å². The molecule has 0 saturated carbocycles. The fraction of sp³-hybridized carbons (Fsp3) is 0.105. The van der Waals surface area contributed by atoms with Gasteiger partial charge in [0, 0.05) is 10.6 Å². The first-order valence-corrected chi connectivity index (χ1v) is 7.49. The Balaban J connectivity index is 1.99. The van der Waals surface area contributed by atoms with Gasteiger partial charge >= 0.3 is 5.97 Å². The normalized spacial score (nSPS) is 20.0. The molecule has 0 fully saturated rings. The Morgan fingerprint density at radius 3 is 2.45 bits per heavy atom. The van der Waals surface area contributed by atoms with Gasteiger partial charge in [-0.1, -0.05) is 60.1 Å². The van der Waals surface area contributed by atoms with Gasteiger partial charge in [0.1, 0.15) is 0 Å². The van der Waals surface area contributed by atoms with Gasteiger partial charge in [0.05, 0.1) is 5.56 Å². The monoisotopic (exact) mass is 308 g/mol. The summed E-state index contributed by atoms with van der Waals surface area (Å²) in [4.78, 5) is 12.5. The topological polar surface area (TPSA) is 26.3 Å². The van der Waals surface area contributed by atoms with Crippen molar-refractivity contribution in [3.05, 3.63) is 82.4 Å². The van der Waals surface area contributed by atoms with Crippen LogP contribution in [0.2, 0.25) is 5.02 Å². The lowest BCUT2D eigenvalue weighted by Crippen LogP contribution is -2.23. The van der Waals surface area contributed by atoms with E-state index in [0.29, 0.717) is 10.6 Å². The Bertz CT molecular complexity index is 899. The molecule has 0 bridgehead atoms. The second-order valence-corrected chi connectivity index (χ2v) is 6.08. The number of benzene rings is 3. The van der Waals surface area contributed by atoms with Gasteiger partial charge in [-0.2, -0.15) is 0 Å². The smallest absolute Gasteiger partial charge is 0.340 e. The maximum absolute atomic E-state index is 12.5. The zero-order valence-corrected chi connectivity index (χ0v) is 12.7. The zero-order chi connectivity index (χ0) is 15.3. The van der Waals surface area contributed by atoms with Gasteiger partial charge in [-0.15, -0.1) is 0 Å². The highest BCUT2D eigenvalue weighted by Gasteiger charge is 2.43. The SMILES string of the molecule is C[C@@]1(c2ccc(Cl)cc2)OC(=O)c2c1ccc1ccccc21. The van der Waals surface area contributed by atoms with Crippen molar-refractivity contribution in [2.24, 2.45) is 0 Å². The summed E-state index contributed by atoms with van der Waals surface area (Å²) in [6, 6.07) is 19.3. The molecule has 1 aliphatic heterocycles. The summed E-state index contributed by atoms with van der Waals surface area (Å²) >= 11 is 5.96. The molecule has 108 valence electrons. The molecule has 0 aliphatic carbocycles. The molecule has 3 aromatic carbocycles. The number of carbonyl (C=O) groups is 1. The standard InChI is InChI=1S/C19H13ClO2/c1-19(13-7-9-14(20)10-8-13)16-11-6-12-4-2-3-5-15(12)17(16)18(21)22-19/h2-11H,1H3/t19-/m0/s1. The number of halogens is 1. The highest BCUT2D eigenvalue weighted by Crippen LogP contribution is 2.44. The molecular weight excluding hydrogens is 296 g/mol. The molecule has 0 spiro atoms. The largest absolute Gasteiger partial charge is 0.446 e. The number of rotatable bonds is 1. The van der Waals surface area contributed by atoms with E-state index in [1.165, 1.54) is 0 Å². The third kappa shape index (κ3) is 1.77. The van der Waals surface area contributed by atoms with Crippen LogP contribution in [0.3, 0.4) is 0 Å². The summed E-state index contributed by atoms with van der Waals surface area (Å²) in [5.74, 6) is -0.274. The minimum Gasteiger partial charge on any atom is -0.446 e. The molecule has 1 heterocycles. The van der Waals surface area contributed by atoms with Gasteiger partial charge in [0.25, 0.3) is 0 Å².